The third kappa shape index (κ3) is 10.4. The Morgan fingerprint density at radius 1 is 0.938 bits per heavy atom. The van der Waals surface area contributed by atoms with Crippen LogP contribution in [0.4, 0.5) is 0 Å². The average Bonchev–Trinajstić information content (AvgIpc) is 3.59. The monoisotopic (exact) mass is 912 g/mol. The van der Waals surface area contributed by atoms with Gasteiger partial charge < -0.3 is 63.0 Å². The second-order valence-corrected chi connectivity index (χ2v) is 19.5. The summed E-state index contributed by atoms with van der Waals surface area (Å²) in [4.78, 5) is 26.3. The van der Waals surface area contributed by atoms with Gasteiger partial charge in [0.05, 0.1) is 55.4 Å². The molecule has 0 aromatic heterocycles. The number of amides is 1. The molecule has 1 aliphatic carbocycles. The van der Waals surface area contributed by atoms with Crippen molar-refractivity contribution in [3.05, 3.63) is 59.3 Å². The zero-order valence-corrected chi connectivity index (χ0v) is 39.8. The van der Waals surface area contributed by atoms with Crippen molar-refractivity contribution < 1.29 is 67.3 Å². The molecule has 18 unspecified atom stereocenters. The van der Waals surface area contributed by atoms with E-state index in [4.69, 9.17) is 47.4 Å². The van der Waals surface area contributed by atoms with Crippen LogP contribution in [-0.2, 0) is 57.0 Å². The SMILES string of the molecule is COC1CC(OC2C(C)OC(OC3/C(C)=C/CC4CC(CC5(C=CC(C)C(C(C)C)O5)O4)OC(=O)C4C=C(C)/C(=N\O)C5OC/C(=C\C=C\C3C)C45O)CC2OC)OC(C)C1NC(C)=O. The summed E-state index contributed by atoms with van der Waals surface area (Å²) in [6.07, 6.45) is 9.32. The van der Waals surface area contributed by atoms with Gasteiger partial charge in [0.25, 0.3) is 0 Å². The molecule has 0 radical (unpaired) electrons. The summed E-state index contributed by atoms with van der Waals surface area (Å²) < 4.78 is 64.3. The Kier molecular flexibility index (Phi) is 15.7. The molecule has 18 atom stereocenters. The van der Waals surface area contributed by atoms with Gasteiger partial charge in [0.15, 0.2) is 18.4 Å². The van der Waals surface area contributed by atoms with E-state index in [-0.39, 0.29) is 66.8 Å². The summed E-state index contributed by atoms with van der Waals surface area (Å²) >= 11 is 0. The fourth-order valence-electron chi connectivity index (χ4n) is 10.9. The summed E-state index contributed by atoms with van der Waals surface area (Å²) in [6, 6.07) is -0.318. The number of allylic oxidation sites excluding steroid dienone is 2. The minimum absolute atomic E-state index is 0.000789. The molecule has 4 fully saturated rings. The van der Waals surface area contributed by atoms with Crippen LogP contribution in [0.1, 0.15) is 94.4 Å². The van der Waals surface area contributed by atoms with Crippen LogP contribution in [-0.4, -0.2) is 140 Å². The molecule has 362 valence electrons. The first-order valence-electron chi connectivity index (χ1n) is 23.4. The molecule has 4 saturated heterocycles. The molecule has 6 heterocycles. The Labute approximate surface area is 383 Å². The Bertz CT molecular complexity index is 1910. The predicted octanol–water partition coefficient (Wildman–Crippen LogP) is 5.60. The number of hydrogen-bond acceptors (Lipinski definition) is 15. The number of rotatable bonds is 8. The lowest BCUT2D eigenvalue weighted by Gasteiger charge is -2.48. The molecule has 7 aliphatic rings. The van der Waals surface area contributed by atoms with Gasteiger partial charge >= 0.3 is 5.97 Å². The smallest absolute Gasteiger partial charge is 0.316 e. The van der Waals surface area contributed by atoms with Crippen LogP contribution in [0, 0.1) is 23.7 Å². The largest absolute Gasteiger partial charge is 0.462 e. The van der Waals surface area contributed by atoms with Gasteiger partial charge in [-0.25, -0.2) is 0 Å². The molecule has 0 saturated carbocycles. The van der Waals surface area contributed by atoms with E-state index in [1.807, 2.05) is 39.0 Å². The summed E-state index contributed by atoms with van der Waals surface area (Å²) in [5, 5.41) is 29.1. The fraction of sp³-hybridized carbons (Fsp3) is 0.735. The minimum atomic E-state index is -1.88. The lowest BCUT2D eigenvalue weighted by atomic mass is 9.71. The molecule has 16 nitrogen and oxygen atoms in total. The zero-order valence-electron chi connectivity index (χ0n) is 39.8. The highest BCUT2D eigenvalue weighted by Crippen LogP contribution is 2.46. The lowest BCUT2D eigenvalue weighted by molar-refractivity contribution is -0.311. The first-order valence-corrected chi connectivity index (χ1v) is 23.4. The Morgan fingerprint density at radius 3 is 2.34 bits per heavy atom. The van der Waals surface area contributed by atoms with Crippen LogP contribution in [0.25, 0.3) is 0 Å². The molecule has 1 amide bonds. The molecule has 1 spiro atoms. The van der Waals surface area contributed by atoms with E-state index in [1.54, 1.807) is 33.3 Å². The number of fused-ring (bicyclic) bond motifs is 2. The maximum Gasteiger partial charge on any atom is 0.316 e. The highest BCUT2D eigenvalue weighted by Gasteiger charge is 2.60. The molecule has 6 aliphatic heterocycles. The predicted molar refractivity (Wildman–Crippen MR) is 238 cm³/mol. The van der Waals surface area contributed by atoms with E-state index in [1.165, 1.54) is 6.92 Å². The maximum absolute atomic E-state index is 14.4. The number of carbonyl (C=O) groups is 2. The van der Waals surface area contributed by atoms with Crippen LogP contribution in [0.15, 0.2) is 64.4 Å². The van der Waals surface area contributed by atoms with Crippen molar-refractivity contribution in [3.8, 4) is 0 Å². The molecule has 0 aromatic rings. The molecule has 16 heteroatoms. The summed E-state index contributed by atoms with van der Waals surface area (Å²) in [5.74, 6) is -2.91. The van der Waals surface area contributed by atoms with Gasteiger partial charge in [0, 0.05) is 58.7 Å². The summed E-state index contributed by atoms with van der Waals surface area (Å²) in [5.41, 5.74) is 0.175. The van der Waals surface area contributed by atoms with Crippen LogP contribution < -0.4 is 5.32 Å². The van der Waals surface area contributed by atoms with E-state index in [0.717, 1.165) is 5.57 Å². The topological polar surface area (TPSA) is 191 Å². The molecule has 65 heavy (non-hydrogen) atoms. The van der Waals surface area contributed by atoms with Crippen LogP contribution in [0.2, 0.25) is 0 Å². The number of hydrogen-bond donors (Lipinski definition) is 3. The molecule has 0 aromatic carbocycles. The van der Waals surface area contributed by atoms with Crippen molar-refractivity contribution in [1.29, 1.82) is 0 Å². The third-order valence-corrected chi connectivity index (χ3v) is 14.3. The second-order valence-electron chi connectivity index (χ2n) is 19.5. The number of nitrogens with zero attached hydrogens (tertiary/aromatic N) is 1. The molecule has 7 rings (SSSR count). The van der Waals surface area contributed by atoms with E-state index < -0.39 is 78.6 Å². The lowest BCUT2D eigenvalue weighted by Crippen LogP contribution is -2.58. The Morgan fingerprint density at radius 2 is 1.65 bits per heavy atom. The quantitative estimate of drug-likeness (QED) is 0.118. The summed E-state index contributed by atoms with van der Waals surface area (Å²) in [6.45, 7) is 17.5. The number of oxime groups is 1. The number of esters is 1. The first-order chi connectivity index (χ1) is 30.9. The highest BCUT2D eigenvalue weighted by atomic mass is 16.7. The number of methoxy groups -OCH3 is 2. The van der Waals surface area contributed by atoms with E-state index in [0.29, 0.717) is 36.8 Å². The second kappa shape index (κ2) is 20.5. The number of aliphatic hydroxyl groups is 1. The standard InChI is InChI=1S/C49H72N2O14/c1-25(2)43-28(5)17-18-48(65-43)23-35-20-34(64-48)16-15-27(4)44(26(3)13-12-14-33-24-58-46-41(51-55)29(6)19-36(47(53)61-35)49(33,46)54)62-40-22-38(57-11)45(31(8)60-40)63-39-21-37(56-10)42(30(7)59-39)50-32(9)52/h12-15,17-19,25-26,28,30-31,34-40,42-46,54-55H,16,20-24H2,1-11H3,(H,50,52)/b13-12+,27-15+,33-14+,51-41+. The van der Waals surface area contributed by atoms with Crippen LogP contribution in [0.3, 0.4) is 0 Å². The molecule has 3 N–H and O–H groups in total. The molecule has 2 bridgehead atoms. The van der Waals surface area contributed by atoms with Crippen LogP contribution in [0.5, 0.6) is 0 Å². The minimum Gasteiger partial charge on any atom is -0.462 e. The van der Waals surface area contributed by atoms with Gasteiger partial charge in [-0.15, -0.1) is 0 Å². The van der Waals surface area contributed by atoms with Crippen molar-refractivity contribution in [3.63, 3.8) is 0 Å². The average molecular weight is 913 g/mol. The fourth-order valence-corrected chi connectivity index (χ4v) is 10.9. The number of carbonyl (C=O) groups excluding carboxylic acids is 2. The van der Waals surface area contributed by atoms with Crippen molar-refractivity contribution in [2.45, 2.75) is 185 Å². The van der Waals surface area contributed by atoms with Gasteiger partial charge in [-0.05, 0) is 62.8 Å². The van der Waals surface area contributed by atoms with Gasteiger partial charge in [-0.3, -0.25) is 9.59 Å². The summed E-state index contributed by atoms with van der Waals surface area (Å²) in [7, 11) is 3.26. The number of nitrogens with one attached hydrogen (secondary N) is 1. The Balaban J connectivity index is 1.17. The Hall–Kier alpha value is -3.29. The maximum atomic E-state index is 14.4. The number of ether oxygens (including phenoxy) is 10. The normalized spacial score (nSPS) is 46.4. The van der Waals surface area contributed by atoms with Gasteiger partial charge in [-0.1, -0.05) is 69.3 Å². The molecular formula is C49H72N2O14. The van der Waals surface area contributed by atoms with Crippen molar-refractivity contribution in [2.24, 2.45) is 28.8 Å². The van der Waals surface area contributed by atoms with E-state index in [9.17, 15) is 19.9 Å². The van der Waals surface area contributed by atoms with Crippen molar-refractivity contribution in [1.82, 2.24) is 5.32 Å². The van der Waals surface area contributed by atoms with Crippen molar-refractivity contribution >= 4 is 17.6 Å². The van der Waals surface area contributed by atoms with Crippen molar-refractivity contribution in [2.75, 3.05) is 20.8 Å². The van der Waals surface area contributed by atoms with E-state index in [2.05, 4.69) is 50.3 Å². The van der Waals surface area contributed by atoms with Gasteiger partial charge in [0.1, 0.15) is 35.5 Å². The van der Waals surface area contributed by atoms with Gasteiger partial charge in [0.2, 0.25) is 5.91 Å². The molecular weight excluding hydrogens is 841 g/mol. The van der Waals surface area contributed by atoms with Crippen LogP contribution >= 0.6 is 0 Å². The van der Waals surface area contributed by atoms with E-state index >= 15 is 0 Å². The van der Waals surface area contributed by atoms with Gasteiger partial charge in [-0.2, -0.15) is 0 Å². The zero-order chi connectivity index (χ0) is 47.0. The first kappa shape index (κ1) is 49.6. The highest BCUT2D eigenvalue weighted by molar-refractivity contribution is 6.07. The third-order valence-electron chi connectivity index (χ3n) is 14.3.